The molecular formula is C23H18FN3O3. The van der Waals surface area contributed by atoms with Gasteiger partial charge in [0.2, 0.25) is 6.17 Å². The summed E-state index contributed by atoms with van der Waals surface area (Å²) in [4.78, 5) is 29.4. The maximum absolute atomic E-state index is 14.4. The number of anilines is 1. The first kappa shape index (κ1) is 19.3. The van der Waals surface area contributed by atoms with Crippen molar-refractivity contribution in [3.63, 3.8) is 0 Å². The van der Waals surface area contributed by atoms with Gasteiger partial charge in [0.1, 0.15) is 12.4 Å². The van der Waals surface area contributed by atoms with Crippen LogP contribution in [-0.2, 0) is 16.1 Å². The third-order valence-corrected chi connectivity index (χ3v) is 4.54. The van der Waals surface area contributed by atoms with Gasteiger partial charge in [-0.1, -0.05) is 72.8 Å². The van der Waals surface area contributed by atoms with Gasteiger partial charge >= 0.3 is 6.09 Å². The van der Waals surface area contributed by atoms with Crippen LogP contribution in [0.3, 0.4) is 0 Å². The lowest BCUT2D eigenvalue weighted by molar-refractivity contribution is -0.117. The highest BCUT2D eigenvalue weighted by molar-refractivity contribution is 6.19. The number of benzodiazepines with no additional fused rings is 1. The van der Waals surface area contributed by atoms with Gasteiger partial charge in [-0.15, -0.1) is 0 Å². The van der Waals surface area contributed by atoms with Gasteiger partial charge < -0.3 is 10.1 Å². The second-order valence-corrected chi connectivity index (χ2v) is 6.60. The van der Waals surface area contributed by atoms with Crippen molar-refractivity contribution in [2.24, 2.45) is 4.99 Å². The van der Waals surface area contributed by atoms with Crippen LogP contribution in [0.25, 0.3) is 0 Å². The summed E-state index contributed by atoms with van der Waals surface area (Å²) < 4.78 is 19.6. The van der Waals surface area contributed by atoms with E-state index in [1.54, 1.807) is 24.3 Å². The fourth-order valence-electron chi connectivity index (χ4n) is 3.10. The molecule has 1 atom stereocenters. The Bertz CT molecular complexity index is 1100. The fraction of sp³-hybridized carbons (Fsp3) is 0.0870. The Morgan fingerprint density at radius 2 is 1.70 bits per heavy atom. The summed E-state index contributed by atoms with van der Waals surface area (Å²) in [7, 11) is 0. The zero-order valence-corrected chi connectivity index (χ0v) is 15.8. The molecule has 7 heteroatoms. The van der Waals surface area contributed by atoms with Crippen LogP contribution in [0.2, 0.25) is 0 Å². The molecule has 4 rings (SSSR count). The van der Waals surface area contributed by atoms with E-state index < -0.39 is 24.0 Å². The number of ether oxygens (including phenoxy) is 1. The number of carbonyl (C=O) groups excluding carboxylic acids is 2. The number of nitrogens with one attached hydrogen (secondary N) is 2. The number of rotatable bonds is 4. The average Bonchev–Trinajstić information content (AvgIpc) is 2.91. The Labute approximate surface area is 172 Å². The summed E-state index contributed by atoms with van der Waals surface area (Å²) in [6, 6.07) is 22.7. The van der Waals surface area contributed by atoms with E-state index in [2.05, 4.69) is 15.6 Å². The molecule has 2 N–H and O–H groups in total. The number of carbonyl (C=O) groups is 2. The van der Waals surface area contributed by atoms with Crippen molar-refractivity contribution in [2.75, 3.05) is 5.32 Å². The van der Waals surface area contributed by atoms with E-state index in [1.165, 1.54) is 6.07 Å². The van der Waals surface area contributed by atoms with E-state index in [4.69, 9.17) is 4.74 Å². The molecule has 0 aromatic heterocycles. The second kappa shape index (κ2) is 8.57. The van der Waals surface area contributed by atoms with Crippen LogP contribution in [0.4, 0.5) is 14.9 Å². The number of aliphatic imine (C=N–C) groups is 1. The highest BCUT2D eigenvalue weighted by Gasteiger charge is 2.29. The largest absolute Gasteiger partial charge is 0.445 e. The van der Waals surface area contributed by atoms with Gasteiger partial charge in [-0.25, -0.2) is 14.2 Å². The number of halogens is 1. The van der Waals surface area contributed by atoms with Crippen molar-refractivity contribution in [3.8, 4) is 0 Å². The lowest BCUT2D eigenvalue weighted by Crippen LogP contribution is -2.42. The summed E-state index contributed by atoms with van der Waals surface area (Å²) in [6.45, 7) is 0.0467. The van der Waals surface area contributed by atoms with Crippen molar-refractivity contribution in [2.45, 2.75) is 12.8 Å². The molecular weight excluding hydrogens is 385 g/mol. The standard InChI is InChI=1S/C23H18FN3O3/c24-18-13-7-12-17-19(16-10-5-2-6-11-16)25-21(22(28)26-20(17)18)27-23(29)30-14-15-8-3-1-4-9-15/h1-13,21H,14H2,(H,26,28)(H,27,29). The smallest absolute Gasteiger partial charge is 0.409 e. The van der Waals surface area contributed by atoms with Gasteiger partial charge in [-0.2, -0.15) is 0 Å². The maximum atomic E-state index is 14.4. The number of amides is 2. The average molecular weight is 403 g/mol. The van der Waals surface area contributed by atoms with E-state index in [0.717, 1.165) is 5.56 Å². The van der Waals surface area contributed by atoms with Crippen LogP contribution in [0.15, 0.2) is 83.9 Å². The quantitative estimate of drug-likeness (QED) is 0.694. The SMILES string of the molecule is O=C(NC1N=C(c2ccccc2)c2cccc(F)c2NC1=O)OCc1ccccc1. The molecule has 0 fully saturated rings. The van der Waals surface area contributed by atoms with Crippen molar-refractivity contribution in [3.05, 3.63) is 101 Å². The number of benzene rings is 3. The first-order valence-corrected chi connectivity index (χ1v) is 9.32. The zero-order valence-electron chi connectivity index (χ0n) is 15.8. The third-order valence-electron chi connectivity index (χ3n) is 4.54. The van der Waals surface area contributed by atoms with Crippen molar-refractivity contribution >= 4 is 23.4 Å². The third kappa shape index (κ3) is 4.20. The van der Waals surface area contributed by atoms with Gasteiger partial charge in [-0.3, -0.25) is 10.1 Å². The molecule has 1 heterocycles. The molecule has 30 heavy (non-hydrogen) atoms. The fourth-order valence-corrected chi connectivity index (χ4v) is 3.10. The highest BCUT2D eigenvalue weighted by Crippen LogP contribution is 2.26. The second-order valence-electron chi connectivity index (χ2n) is 6.60. The first-order chi connectivity index (χ1) is 14.6. The molecule has 0 aliphatic carbocycles. The maximum Gasteiger partial charge on any atom is 0.409 e. The Morgan fingerprint density at radius 1 is 1.00 bits per heavy atom. The molecule has 0 spiro atoms. The Balaban J connectivity index is 1.61. The highest BCUT2D eigenvalue weighted by atomic mass is 19.1. The minimum Gasteiger partial charge on any atom is -0.445 e. The van der Waals surface area contributed by atoms with Crippen LogP contribution in [-0.4, -0.2) is 23.9 Å². The monoisotopic (exact) mass is 403 g/mol. The van der Waals surface area contributed by atoms with Gasteiger partial charge in [0, 0.05) is 11.1 Å². The molecule has 6 nitrogen and oxygen atoms in total. The van der Waals surface area contributed by atoms with Crippen LogP contribution >= 0.6 is 0 Å². The Morgan fingerprint density at radius 3 is 2.43 bits per heavy atom. The normalized spacial score (nSPS) is 15.3. The molecule has 3 aromatic carbocycles. The van der Waals surface area contributed by atoms with Crippen LogP contribution in [0.5, 0.6) is 0 Å². The number of hydrogen-bond acceptors (Lipinski definition) is 4. The molecule has 1 aliphatic heterocycles. The van der Waals surface area contributed by atoms with Crippen molar-refractivity contribution < 1.29 is 18.7 Å². The summed E-state index contributed by atoms with van der Waals surface area (Å²) in [5.41, 5.74) is 2.33. The van der Waals surface area contributed by atoms with Crippen molar-refractivity contribution in [1.82, 2.24) is 5.32 Å². The number of fused-ring (bicyclic) bond motifs is 1. The lowest BCUT2D eigenvalue weighted by atomic mass is 10.0. The number of nitrogens with zero attached hydrogens (tertiary/aromatic N) is 1. The number of para-hydroxylation sites is 1. The van der Waals surface area contributed by atoms with Crippen LogP contribution in [0, 0.1) is 5.82 Å². The predicted molar refractivity (Wildman–Crippen MR) is 111 cm³/mol. The summed E-state index contributed by atoms with van der Waals surface area (Å²) >= 11 is 0. The number of alkyl carbamates (subject to hydrolysis) is 1. The van der Waals surface area contributed by atoms with Crippen LogP contribution in [0.1, 0.15) is 16.7 Å². The molecule has 0 saturated heterocycles. The Kier molecular flexibility index (Phi) is 5.52. The molecule has 3 aromatic rings. The first-order valence-electron chi connectivity index (χ1n) is 9.32. The molecule has 0 bridgehead atoms. The summed E-state index contributed by atoms with van der Waals surface area (Å²) in [6.07, 6.45) is -2.09. The predicted octanol–water partition coefficient (Wildman–Crippen LogP) is 3.87. The Hall–Kier alpha value is -4.00. The van der Waals surface area contributed by atoms with E-state index in [9.17, 15) is 14.0 Å². The van der Waals surface area contributed by atoms with Gasteiger partial charge in [-0.05, 0) is 11.6 Å². The van der Waals surface area contributed by atoms with Gasteiger partial charge in [0.15, 0.2) is 0 Å². The molecule has 1 aliphatic rings. The van der Waals surface area contributed by atoms with E-state index >= 15 is 0 Å². The minimum absolute atomic E-state index is 0.0204. The molecule has 0 saturated carbocycles. The van der Waals surface area contributed by atoms with E-state index in [-0.39, 0.29) is 12.3 Å². The lowest BCUT2D eigenvalue weighted by Gasteiger charge is -2.13. The van der Waals surface area contributed by atoms with E-state index in [1.807, 2.05) is 48.5 Å². The molecule has 150 valence electrons. The number of hydrogen-bond donors (Lipinski definition) is 2. The van der Waals surface area contributed by atoms with Crippen molar-refractivity contribution in [1.29, 1.82) is 0 Å². The summed E-state index contributed by atoms with van der Waals surface area (Å²) in [5.74, 6) is -1.25. The minimum atomic E-state index is -1.28. The molecule has 1 unspecified atom stereocenters. The van der Waals surface area contributed by atoms with E-state index in [0.29, 0.717) is 16.8 Å². The molecule has 2 amide bonds. The molecule has 0 radical (unpaired) electrons. The topological polar surface area (TPSA) is 79.8 Å². The summed E-state index contributed by atoms with van der Waals surface area (Å²) in [5, 5.41) is 4.97. The zero-order chi connectivity index (χ0) is 20.9. The van der Waals surface area contributed by atoms with Gasteiger partial charge in [0.05, 0.1) is 11.4 Å². The van der Waals surface area contributed by atoms with Gasteiger partial charge in [0.25, 0.3) is 5.91 Å². The van der Waals surface area contributed by atoms with Crippen LogP contribution < -0.4 is 10.6 Å².